The average Bonchev–Trinajstić information content (AvgIpc) is 2.91. The van der Waals surface area contributed by atoms with Crippen molar-refractivity contribution in [2.24, 2.45) is 0 Å². The summed E-state index contributed by atoms with van der Waals surface area (Å²) in [5, 5.41) is 0. The predicted molar refractivity (Wildman–Crippen MR) is 84.1 cm³/mol. The van der Waals surface area contributed by atoms with E-state index in [-0.39, 0.29) is 0 Å². The number of hydrogen-bond acceptors (Lipinski definition) is 3. The van der Waals surface area contributed by atoms with Gasteiger partial charge in [0.05, 0.1) is 11.0 Å². The van der Waals surface area contributed by atoms with Gasteiger partial charge in [0.2, 0.25) is 5.71 Å². The van der Waals surface area contributed by atoms with Crippen LogP contribution in [0.2, 0.25) is 0 Å². The Morgan fingerprint density at radius 1 is 0.857 bits per heavy atom. The standard InChI is InChI=1S/C18H14N2O/c1-2-13-16-18(20-15-11-7-6-10-14(15)19-16)21-17(13)12-8-4-3-5-9-12/h3-11H,2H2,1H3. The van der Waals surface area contributed by atoms with Crippen LogP contribution in [0.3, 0.4) is 0 Å². The first-order valence-corrected chi connectivity index (χ1v) is 7.10. The molecule has 0 aliphatic rings. The number of nitrogens with zero attached hydrogens (tertiary/aromatic N) is 2. The molecule has 0 amide bonds. The number of rotatable bonds is 2. The van der Waals surface area contributed by atoms with E-state index in [1.54, 1.807) is 0 Å². The first-order chi connectivity index (χ1) is 10.4. The van der Waals surface area contributed by atoms with Crippen molar-refractivity contribution in [2.45, 2.75) is 13.3 Å². The highest BCUT2D eigenvalue weighted by atomic mass is 16.3. The molecular formula is C18H14N2O. The van der Waals surface area contributed by atoms with E-state index in [4.69, 9.17) is 9.40 Å². The average molecular weight is 274 g/mol. The summed E-state index contributed by atoms with van der Waals surface area (Å²) in [5.74, 6) is 0.878. The fraction of sp³-hybridized carbons (Fsp3) is 0.111. The second kappa shape index (κ2) is 4.70. The maximum absolute atomic E-state index is 6.01. The van der Waals surface area contributed by atoms with Crippen molar-refractivity contribution >= 4 is 22.3 Å². The molecule has 2 aromatic carbocycles. The smallest absolute Gasteiger partial charge is 0.246 e. The lowest BCUT2D eigenvalue weighted by atomic mass is 10.1. The van der Waals surface area contributed by atoms with Crippen LogP contribution in [0.25, 0.3) is 33.6 Å². The Bertz CT molecular complexity index is 926. The van der Waals surface area contributed by atoms with Crippen LogP contribution in [-0.4, -0.2) is 9.97 Å². The maximum Gasteiger partial charge on any atom is 0.246 e. The van der Waals surface area contributed by atoms with Gasteiger partial charge in [-0.3, -0.25) is 0 Å². The molecule has 0 fully saturated rings. The van der Waals surface area contributed by atoms with E-state index in [9.17, 15) is 0 Å². The summed E-state index contributed by atoms with van der Waals surface area (Å²) in [5.41, 5.74) is 5.44. The third-order valence-corrected chi connectivity index (χ3v) is 3.69. The van der Waals surface area contributed by atoms with Gasteiger partial charge in [0.25, 0.3) is 0 Å². The van der Waals surface area contributed by atoms with Crippen molar-refractivity contribution in [3.63, 3.8) is 0 Å². The van der Waals surface area contributed by atoms with Crippen molar-refractivity contribution in [1.29, 1.82) is 0 Å². The Labute approximate surface area is 122 Å². The van der Waals surface area contributed by atoms with E-state index in [0.29, 0.717) is 5.71 Å². The summed E-state index contributed by atoms with van der Waals surface area (Å²) >= 11 is 0. The van der Waals surface area contributed by atoms with Gasteiger partial charge >= 0.3 is 0 Å². The second-order valence-corrected chi connectivity index (χ2v) is 5.00. The van der Waals surface area contributed by atoms with Gasteiger partial charge in [-0.1, -0.05) is 49.4 Å². The lowest BCUT2D eigenvalue weighted by molar-refractivity contribution is 0.616. The van der Waals surface area contributed by atoms with E-state index in [0.717, 1.165) is 39.9 Å². The molecule has 2 heterocycles. The zero-order valence-corrected chi connectivity index (χ0v) is 11.7. The molecule has 0 bridgehead atoms. The number of hydrogen-bond donors (Lipinski definition) is 0. The van der Waals surface area contributed by atoms with Crippen molar-refractivity contribution in [1.82, 2.24) is 9.97 Å². The van der Waals surface area contributed by atoms with Gasteiger partial charge in [-0.05, 0) is 18.6 Å². The third-order valence-electron chi connectivity index (χ3n) is 3.69. The van der Waals surface area contributed by atoms with E-state index >= 15 is 0 Å². The molecule has 0 aliphatic carbocycles. The molecule has 2 aromatic heterocycles. The summed E-state index contributed by atoms with van der Waals surface area (Å²) in [6.07, 6.45) is 0.865. The Hall–Kier alpha value is -2.68. The van der Waals surface area contributed by atoms with Gasteiger partial charge in [-0.2, -0.15) is 0 Å². The molecule has 21 heavy (non-hydrogen) atoms. The molecule has 4 aromatic rings. The molecule has 0 unspecified atom stereocenters. The molecule has 3 nitrogen and oxygen atoms in total. The predicted octanol–water partition coefficient (Wildman–Crippen LogP) is 4.61. The molecule has 0 saturated heterocycles. The SMILES string of the molecule is CCc1c(-c2ccccc2)oc2nc3ccccc3nc12. The van der Waals surface area contributed by atoms with Gasteiger partial charge in [0, 0.05) is 11.1 Å². The lowest BCUT2D eigenvalue weighted by Gasteiger charge is -1.99. The molecule has 4 rings (SSSR count). The number of para-hydroxylation sites is 2. The Morgan fingerprint density at radius 3 is 2.24 bits per heavy atom. The van der Waals surface area contributed by atoms with Gasteiger partial charge in [0.1, 0.15) is 11.3 Å². The fourth-order valence-corrected chi connectivity index (χ4v) is 2.67. The minimum atomic E-state index is 0.615. The Morgan fingerprint density at radius 2 is 1.52 bits per heavy atom. The van der Waals surface area contributed by atoms with Gasteiger partial charge < -0.3 is 4.42 Å². The highest BCUT2D eigenvalue weighted by Gasteiger charge is 2.17. The van der Waals surface area contributed by atoms with Crippen LogP contribution < -0.4 is 0 Å². The lowest BCUT2D eigenvalue weighted by Crippen LogP contribution is -1.87. The number of furan rings is 1. The number of benzene rings is 2. The highest BCUT2D eigenvalue weighted by molar-refractivity contribution is 5.89. The minimum Gasteiger partial charge on any atom is -0.436 e. The fourth-order valence-electron chi connectivity index (χ4n) is 2.67. The third kappa shape index (κ3) is 1.89. The Kier molecular flexibility index (Phi) is 2.71. The van der Waals surface area contributed by atoms with E-state index in [1.165, 1.54) is 0 Å². The van der Waals surface area contributed by atoms with Gasteiger partial charge in [-0.25, -0.2) is 9.97 Å². The largest absolute Gasteiger partial charge is 0.436 e. The minimum absolute atomic E-state index is 0.615. The van der Waals surface area contributed by atoms with Crippen LogP contribution in [0, 0.1) is 0 Å². The second-order valence-electron chi connectivity index (χ2n) is 5.00. The van der Waals surface area contributed by atoms with Crippen LogP contribution in [-0.2, 0) is 6.42 Å². The zero-order valence-electron chi connectivity index (χ0n) is 11.7. The summed E-state index contributed by atoms with van der Waals surface area (Å²) in [6, 6.07) is 18.0. The van der Waals surface area contributed by atoms with Crippen LogP contribution in [0.5, 0.6) is 0 Å². The summed E-state index contributed by atoms with van der Waals surface area (Å²) in [7, 11) is 0. The van der Waals surface area contributed by atoms with E-state index in [1.807, 2.05) is 42.5 Å². The van der Waals surface area contributed by atoms with Crippen LogP contribution in [0.15, 0.2) is 59.0 Å². The first kappa shape index (κ1) is 12.1. The van der Waals surface area contributed by atoms with Crippen LogP contribution in [0.1, 0.15) is 12.5 Å². The monoisotopic (exact) mass is 274 g/mol. The number of aryl methyl sites for hydroxylation is 1. The summed E-state index contributed by atoms with van der Waals surface area (Å²) < 4.78 is 6.01. The summed E-state index contributed by atoms with van der Waals surface area (Å²) in [6.45, 7) is 2.12. The van der Waals surface area contributed by atoms with Crippen molar-refractivity contribution < 1.29 is 4.42 Å². The number of aromatic nitrogens is 2. The van der Waals surface area contributed by atoms with Crippen LogP contribution >= 0.6 is 0 Å². The molecule has 0 atom stereocenters. The first-order valence-electron chi connectivity index (χ1n) is 7.10. The molecule has 0 N–H and O–H groups in total. The maximum atomic E-state index is 6.01. The van der Waals surface area contributed by atoms with Crippen molar-refractivity contribution in [2.75, 3.05) is 0 Å². The number of fused-ring (bicyclic) bond motifs is 2. The normalized spacial score (nSPS) is 11.3. The summed E-state index contributed by atoms with van der Waals surface area (Å²) in [4.78, 5) is 9.34. The molecule has 0 saturated carbocycles. The van der Waals surface area contributed by atoms with Gasteiger partial charge in [-0.15, -0.1) is 0 Å². The molecule has 0 spiro atoms. The highest BCUT2D eigenvalue weighted by Crippen LogP contribution is 2.32. The molecular weight excluding hydrogens is 260 g/mol. The quantitative estimate of drug-likeness (QED) is 0.536. The molecule has 3 heteroatoms. The molecule has 0 aliphatic heterocycles. The van der Waals surface area contributed by atoms with Crippen molar-refractivity contribution in [3.8, 4) is 11.3 Å². The van der Waals surface area contributed by atoms with Gasteiger partial charge in [0.15, 0.2) is 0 Å². The Balaban J connectivity index is 2.06. The topological polar surface area (TPSA) is 38.9 Å². The van der Waals surface area contributed by atoms with E-state index in [2.05, 4.69) is 24.0 Å². The molecule has 0 radical (unpaired) electrons. The zero-order chi connectivity index (χ0) is 14.2. The van der Waals surface area contributed by atoms with E-state index < -0.39 is 0 Å². The van der Waals surface area contributed by atoms with Crippen molar-refractivity contribution in [3.05, 3.63) is 60.2 Å². The van der Waals surface area contributed by atoms with Crippen LogP contribution in [0.4, 0.5) is 0 Å². The molecule has 102 valence electrons.